The molecule has 19 heteroatoms. The van der Waals surface area contributed by atoms with Gasteiger partial charge in [0.25, 0.3) is 0 Å². The first kappa shape index (κ1) is 94.1. The average molecular weight is 1410 g/mol. The summed E-state index contributed by atoms with van der Waals surface area (Å²) in [6.07, 6.45) is 57.0. The van der Waals surface area contributed by atoms with E-state index in [0.29, 0.717) is 31.6 Å². The second-order valence-electron chi connectivity index (χ2n) is 28.7. The molecule has 0 amide bonds. The SMILES string of the molecule is CCCCCCCCCCCCCCCCCCCC(=O)OC[C@H](COP(=O)(O)OC[C@@H](O)COP(=O)(O)OC[C@@H](COC(=O)CCCCCCCCCCCC)OC(=O)CCCCCCCCCC(C)C)OC(=O)CCCCCCCCCCCCCCCCCCC(C)C. The van der Waals surface area contributed by atoms with Gasteiger partial charge < -0.3 is 33.8 Å². The summed E-state index contributed by atoms with van der Waals surface area (Å²) in [6.45, 7) is 9.56. The van der Waals surface area contributed by atoms with E-state index in [2.05, 4.69) is 41.5 Å². The molecule has 3 N–H and O–H groups in total. The van der Waals surface area contributed by atoms with Crippen molar-refractivity contribution in [3.8, 4) is 0 Å². The fourth-order valence-corrected chi connectivity index (χ4v) is 13.4. The Morgan fingerprint density at radius 2 is 0.479 bits per heavy atom. The van der Waals surface area contributed by atoms with Gasteiger partial charge in [0, 0.05) is 25.7 Å². The van der Waals surface area contributed by atoms with Gasteiger partial charge in [-0.15, -0.1) is 0 Å². The first-order valence-corrected chi connectivity index (χ1v) is 43.0. The zero-order valence-electron chi connectivity index (χ0n) is 62.7. The van der Waals surface area contributed by atoms with Gasteiger partial charge in [-0.25, -0.2) is 9.13 Å². The molecular weight excluding hydrogens is 1260 g/mol. The lowest BCUT2D eigenvalue weighted by Crippen LogP contribution is -2.30. The molecule has 0 heterocycles. The first-order valence-electron chi connectivity index (χ1n) is 40.0. The molecule has 96 heavy (non-hydrogen) atoms. The zero-order chi connectivity index (χ0) is 70.7. The Bertz CT molecular complexity index is 1860. The average Bonchev–Trinajstić information content (AvgIpc) is 1.45. The van der Waals surface area contributed by atoms with Crippen molar-refractivity contribution < 1.29 is 80.2 Å². The van der Waals surface area contributed by atoms with E-state index in [-0.39, 0.29) is 25.7 Å². The number of carbonyl (C=O) groups is 4. The molecule has 570 valence electrons. The van der Waals surface area contributed by atoms with Crippen molar-refractivity contribution in [2.24, 2.45) is 11.8 Å². The summed E-state index contributed by atoms with van der Waals surface area (Å²) in [5.41, 5.74) is 0. The molecule has 0 aliphatic heterocycles. The van der Waals surface area contributed by atoms with E-state index in [0.717, 1.165) is 95.8 Å². The van der Waals surface area contributed by atoms with Crippen molar-refractivity contribution in [1.29, 1.82) is 0 Å². The van der Waals surface area contributed by atoms with Crippen LogP contribution in [0.4, 0.5) is 0 Å². The second kappa shape index (κ2) is 68.8. The van der Waals surface area contributed by atoms with Crippen molar-refractivity contribution in [2.75, 3.05) is 39.6 Å². The van der Waals surface area contributed by atoms with Gasteiger partial charge in [0.15, 0.2) is 12.2 Å². The molecule has 0 aliphatic rings. The van der Waals surface area contributed by atoms with Crippen molar-refractivity contribution in [1.82, 2.24) is 0 Å². The largest absolute Gasteiger partial charge is 0.472 e. The van der Waals surface area contributed by atoms with Gasteiger partial charge >= 0.3 is 39.5 Å². The number of esters is 4. The van der Waals surface area contributed by atoms with E-state index in [1.165, 1.54) is 218 Å². The van der Waals surface area contributed by atoms with E-state index in [1.54, 1.807) is 0 Å². The number of aliphatic hydroxyl groups is 1. The van der Waals surface area contributed by atoms with Crippen LogP contribution >= 0.6 is 15.6 Å². The molecule has 17 nitrogen and oxygen atoms in total. The Morgan fingerprint density at radius 1 is 0.281 bits per heavy atom. The van der Waals surface area contributed by atoms with Crippen LogP contribution in [0.1, 0.15) is 401 Å². The molecule has 0 bridgehead atoms. The number of phosphoric acid groups is 2. The molecule has 0 saturated carbocycles. The van der Waals surface area contributed by atoms with Crippen LogP contribution in [0.2, 0.25) is 0 Å². The molecule has 0 rings (SSSR count). The Labute approximate surface area is 588 Å². The maximum atomic E-state index is 13.1. The normalized spacial score (nSPS) is 14.0. The van der Waals surface area contributed by atoms with E-state index < -0.39 is 97.5 Å². The number of aliphatic hydroxyl groups excluding tert-OH is 1. The first-order chi connectivity index (χ1) is 46.4. The molecule has 0 aromatic heterocycles. The standard InChI is InChI=1S/C77H150O17P2/c1-7-9-11-13-15-17-19-20-21-22-26-29-32-36-42-48-54-60-75(80)88-65-72(93-76(81)61-55-49-43-37-33-30-27-24-23-25-28-31-34-39-45-51-57-69(3)4)67-91-95(83,84)89-63-71(78)64-90-96(85,86)92-68-73(94-77(82)62-56-50-44-38-40-46-52-58-70(5)6)66-87-74(79)59-53-47-41-35-18-16-14-12-10-8-2/h69-73,78H,7-68H2,1-6H3,(H,83,84)(H,85,86)/t71-,72-,73-/m1/s1. The molecule has 0 saturated heterocycles. The van der Waals surface area contributed by atoms with Gasteiger partial charge in [-0.05, 0) is 37.5 Å². The van der Waals surface area contributed by atoms with Crippen molar-refractivity contribution >= 4 is 39.5 Å². The highest BCUT2D eigenvalue weighted by Crippen LogP contribution is 2.45. The van der Waals surface area contributed by atoms with Gasteiger partial charge in [-0.2, -0.15) is 0 Å². The van der Waals surface area contributed by atoms with Gasteiger partial charge in [0.1, 0.15) is 19.3 Å². The maximum absolute atomic E-state index is 13.1. The number of hydrogen-bond acceptors (Lipinski definition) is 15. The van der Waals surface area contributed by atoms with Gasteiger partial charge in [0.05, 0.1) is 26.4 Å². The van der Waals surface area contributed by atoms with Gasteiger partial charge in [-0.1, -0.05) is 350 Å². The smallest absolute Gasteiger partial charge is 0.462 e. The summed E-state index contributed by atoms with van der Waals surface area (Å²) < 4.78 is 68.5. The molecule has 0 aromatic carbocycles. The Balaban J connectivity index is 5.21. The quantitative estimate of drug-likeness (QED) is 0.0222. The fraction of sp³-hybridized carbons (Fsp3) is 0.948. The Morgan fingerprint density at radius 3 is 0.708 bits per heavy atom. The van der Waals surface area contributed by atoms with E-state index >= 15 is 0 Å². The fourth-order valence-electron chi connectivity index (χ4n) is 11.8. The van der Waals surface area contributed by atoms with Crippen LogP contribution in [0, 0.1) is 11.8 Å². The predicted octanol–water partition coefficient (Wildman–Crippen LogP) is 22.7. The summed E-state index contributed by atoms with van der Waals surface area (Å²) in [7, 11) is -9.91. The number of phosphoric ester groups is 2. The molecule has 0 fully saturated rings. The van der Waals surface area contributed by atoms with Crippen LogP contribution in [-0.4, -0.2) is 96.7 Å². The van der Waals surface area contributed by atoms with E-state index in [4.69, 9.17) is 37.0 Å². The lowest BCUT2D eigenvalue weighted by molar-refractivity contribution is -0.161. The highest BCUT2D eigenvalue weighted by Gasteiger charge is 2.30. The number of carbonyl (C=O) groups excluding carboxylic acids is 4. The predicted molar refractivity (Wildman–Crippen MR) is 391 cm³/mol. The molecule has 0 radical (unpaired) electrons. The van der Waals surface area contributed by atoms with Gasteiger partial charge in [0.2, 0.25) is 0 Å². The minimum Gasteiger partial charge on any atom is -0.462 e. The summed E-state index contributed by atoms with van der Waals surface area (Å²) in [6, 6.07) is 0. The highest BCUT2D eigenvalue weighted by atomic mass is 31.2. The number of ether oxygens (including phenoxy) is 4. The van der Waals surface area contributed by atoms with Crippen LogP contribution in [-0.2, 0) is 65.4 Å². The van der Waals surface area contributed by atoms with Crippen LogP contribution < -0.4 is 0 Å². The number of hydrogen-bond donors (Lipinski definition) is 3. The van der Waals surface area contributed by atoms with Crippen LogP contribution in [0.3, 0.4) is 0 Å². The summed E-state index contributed by atoms with van der Waals surface area (Å²) in [5.74, 6) is -0.611. The van der Waals surface area contributed by atoms with Crippen LogP contribution in [0.25, 0.3) is 0 Å². The Kier molecular flexibility index (Phi) is 67.4. The zero-order valence-corrected chi connectivity index (χ0v) is 64.5. The molecular formula is C77H150O17P2. The molecule has 0 spiro atoms. The summed E-state index contributed by atoms with van der Waals surface area (Å²) in [5, 5.41) is 10.6. The molecule has 0 aliphatic carbocycles. The van der Waals surface area contributed by atoms with E-state index in [9.17, 15) is 43.2 Å². The van der Waals surface area contributed by atoms with Crippen molar-refractivity contribution in [3.05, 3.63) is 0 Å². The monoisotopic (exact) mass is 1410 g/mol. The van der Waals surface area contributed by atoms with Crippen LogP contribution in [0.5, 0.6) is 0 Å². The third kappa shape index (κ3) is 70.5. The van der Waals surface area contributed by atoms with Crippen molar-refractivity contribution in [2.45, 2.75) is 419 Å². The summed E-state index contributed by atoms with van der Waals surface area (Å²) >= 11 is 0. The molecule has 5 atom stereocenters. The maximum Gasteiger partial charge on any atom is 0.472 e. The lowest BCUT2D eigenvalue weighted by Gasteiger charge is -2.21. The van der Waals surface area contributed by atoms with E-state index in [1.807, 2.05) is 0 Å². The highest BCUT2D eigenvalue weighted by molar-refractivity contribution is 7.47. The molecule has 2 unspecified atom stereocenters. The van der Waals surface area contributed by atoms with Gasteiger partial charge in [-0.3, -0.25) is 37.3 Å². The minimum absolute atomic E-state index is 0.104. The third-order valence-corrected chi connectivity index (χ3v) is 19.9. The minimum atomic E-state index is -4.96. The van der Waals surface area contributed by atoms with Crippen LogP contribution in [0.15, 0.2) is 0 Å². The topological polar surface area (TPSA) is 237 Å². The number of unbranched alkanes of at least 4 members (excludes halogenated alkanes) is 46. The Hall–Kier alpha value is -1.94. The lowest BCUT2D eigenvalue weighted by atomic mass is 10.0. The third-order valence-electron chi connectivity index (χ3n) is 18.0. The molecule has 0 aromatic rings. The van der Waals surface area contributed by atoms with Crippen molar-refractivity contribution in [3.63, 3.8) is 0 Å². The second-order valence-corrected chi connectivity index (χ2v) is 31.6. The summed E-state index contributed by atoms with van der Waals surface area (Å²) in [4.78, 5) is 72.8. The number of rotatable bonds is 76.